The number of nitrogens with one attached hydrogen (secondary N) is 1. The second-order valence-corrected chi connectivity index (χ2v) is 8.36. The van der Waals surface area contributed by atoms with E-state index in [-0.39, 0.29) is 16.5 Å². The molecule has 2 aromatic carbocycles. The standard InChI is InChI=1S/C26H23ClN2O3/c1-16-8-9-19(18-6-4-3-5-7-18)12-17(2)24(16)28-25(31)22-13-20(10-11-23(22)27)26(32)29-14-21(30)15-29/h3-7,9-13,21,30H,14-15H2,1-2H3,(H,28,31). The topological polar surface area (TPSA) is 69.6 Å². The van der Waals surface area contributed by atoms with Crippen molar-refractivity contribution in [1.29, 1.82) is 0 Å². The van der Waals surface area contributed by atoms with Gasteiger partial charge in [-0.2, -0.15) is 0 Å². The number of hydrogen-bond donors (Lipinski definition) is 2. The summed E-state index contributed by atoms with van der Waals surface area (Å²) >= 11 is 6.29. The summed E-state index contributed by atoms with van der Waals surface area (Å²) in [4.78, 5) is 27.2. The van der Waals surface area contributed by atoms with Gasteiger partial charge in [0.05, 0.1) is 22.4 Å². The number of carbonyl (C=O) groups is 2. The molecule has 5 nitrogen and oxygen atoms in total. The number of benzene rings is 2. The number of hydrogen-bond acceptors (Lipinski definition) is 3. The monoisotopic (exact) mass is 446 g/mol. The molecule has 162 valence electrons. The molecule has 0 spiro atoms. The van der Waals surface area contributed by atoms with Crippen molar-refractivity contribution in [3.05, 3.63) is 105 Å². The number of nitrogens with zero attached hydrogens (tertiary/aromatic N) is 1. The fourth-order valence-corrected chi connectivity index (χ4v) is 3.91. The van der Waals surface area contributed by atoms with Gasteiger partial charge < -0.3 is 15.3 Å². The number of halogens is 1. The molecule has 4 rings (SSSR count). The van der Waals surface area contributed by atoms with Crippen LogP contribution >= 0.6 is 11.6 Å². The number of aliphatic hydroxyl groups is 1. The van der Waals surface area contributed by atoms with E-state index < -0.39 is 12.0 Å². The molecule has 2 aromatic rings. The Labute approximate surface area is 192 Å². The number of allylic oxidation sites excluding steroid dienone is 4. The highest BCUT2D eigenvalue weighted by Gasteiger charge is 2.30. The average Bonchev–Trinajstić information content (AvgIpc) is 2.91. The Morgan fingerprint density at radius 1 is 1.12 bits per heavy atom. The number of rotatable bonds is 4. The van der Waals surface area contributed by atoms with Gasteiger partial charge in [-0.05, 0) is 60.9 Å². The van der Waals surface area contributed by atoms with Gasteiger partial charge in [0.2, 0.25) is 0 Å². The fraction of sp³-hybridized carbons (Fsp3) is 0.192. The first-order valence-corrected chi connectivity index (χ1v) is 10.7. The van der Waals surface area contributed by atoms with E-state index in [2.05, 4.69) is 11.0 Å². The highest BCUT2D eigenvalue weighted by atomic mass is 35.5. The molecule has 0 atom stereocenters. The first-order chi connectivity index (χ1) is 15.3. The number of aliphatic hydroxyl groups excluding tert-OH is 1. The second kappa shape index (κ2) is 9.01. The Morgan fingerprint density at radius 3 is 2.53 bits per heavy atom. The minimum Gasteiger partial charge on any atom is -0.389 e. The van der Waals surface area contributed by atoms with E-state index in [1.165, 1.54) is 11.0 Å². The van der Waals surface area contributed by atoms with Crippen LogP contribution in [0.4, 0.5) is 0 Å². The summed E-state index contributed by atoms with van der Waals surface area (Å²) in [5.41, 5.74) is 8.19. The van der Waals surface area contributed by atoms with Crippen molar-refractivity contribution in [3.63, 3.8) is 0 Å². The molecule has 1 aliphatic heterocycles. The Kier molecular flexibility index (Phi) is 6.15. The molecule has 6 heteroatoms. The van der Waals surface area contributed by atoms with Crippen LogP contribution in [0.25, 0.3) is 5.57 Å². The lowest BCUT2D eigenvalue weighted by molar-refractivity contribution is 0.00589. The Balaban J connectivity index is 1.61. The van der Waals surface area contributed by atoms with Crippen LogP contribution in [0.5, 0.6) is 0 Å². The van der Waals surface area contributed by atoms with Crippen LogP contribution in [0.1, 0.15) is 40.1 Å². The van der Waals surface area contributed by atoms with Gasteiger partial charge in [0.25, 0.3) is 11.8 Å². The van der Waals surface area contributed by atoms with Gasteiger partial charge in [-0.25, -0.2) is 0 Å². The van der Waals surface area contributed by atoms with Gasteiger partial charge in [0, 0.05) is 24.2 Å². The molecular formula is C26H23ClN2O3. The van der Waals surface area contributed by atoms with Crippen molar-refractivity contribution < 1.29 is 14.7 Å². The van der Waals surface area contributed by atoms with E-state index in [0.717, 1.165) is 22.3 Å². The molecular weight excluding hydrogens is 424 g/mol. The molecule has 0 saturated carbocycles. The molecule has 0 aromatic heterocycles. The second-order valence-electron chi connectivity index (χ2n) is 7.95. The highest BCUT2D eigenvalue weighted by Crippen LogP contribution is 2.25. The van der Waals surface area contributed by atoms with Crippen molar-refractivity contribution in [2.75, 3.05) is 13.1 Å². The lowest BCUT2D eigenvalue weighted by Gasteiger charge is -2.35. The van der Waals surface area contributed by atoms with Gasteiger partial charge >= 0.3 is 0 Å². The van der Waals surface area contributed by atoms with E-state index in [0.29, 0.717) is 24.4 Å². The predicted molar refractivity (Wildman–Crippen MR) is 125 cm³/mol. The van der Waals surface area contributed by atoms with E-state index in [1.54, 1.807) is 12.1 Å². The maximum atomic E-state index is 13.1. The summed E-state index contributed by atoms with van der Waals surface area (Å²) in [5, 5.41) is 12.6. The Morgan fingerprint density at radius 2 is 1.84 bits per heavy atom. The molecule has 1 fully saturated rings. The summed E-state index contributed by atoms with van der Waals surface area (Å²) in [7, 11) is 0. The van der Waals surface area contributed by atoms with Crippen molar-refractivity contribution in [2.45, 2.75) is 20.0 Å². The van der Waals surface area contributed by atoms with E-state index in [4.69, 9.17) is 11.6 Å². The Bertz CT molecular complexity index is 1210. The quantitative estimate of drug-likeness (QED) is 0.685. The Hall–Kier alpha value is -3.37. The SMILES string of the molecule is CC1=C=CC(c2ccccc2)=CC(C)=C1NC(=O)c1cc(C(=O)N2CC(O)C2)ccc1Cl. The van der Waals surface area contributed by atoms with Crippen molar-refractivity contribution in [2.24, 2.45) is 0 Å². The number of carbonyl (C=O) groups excluding carboxylic acids is 2. The molecule has 2 amide bonds. The first-order valence-electron chi connectivity index (χ1n) is 10.3. The largest absolute Gasteiger partial charge is 0.389 e. The normalized spacial score (nSPS) is 16.2. The van der Waals surface area contributed by atoms with Gasteiger partial charge in [0.1, 0.15) is 0 Å². The zero-order valence-electron chi connectivity index (χ0n) is 17.9. The minimum absolute atomic E-state index is 0.215. The van der Waals surface area contributed by atoms with E-state index in [1.807, 2.05) is 56.3 Å². The van der Waals surface area contributed by atoms with Crippen LogP contribution in [0.2, 0.25) is 5.02 Å². The summed E-state index contributed by atoms with van der Waals surface area (Å²) in [6.45, 7) is 4.40. The van der Waals surface area contributed by atoms with Gasteiger partial charge in [-0.15, -0.1) is 5.73 Å². The van der Waals surface area contributed by atoms with E-state index >= 15 is 0 Å². The summed E-state index contributed by atoms with van der Waals surface area (Å²) in [5.74, 6) is -0.638. The molecule has 2 N–H and O–H groups in total. The van der Waals surface area contributed by atoms with E-state index in [9.17, 15) is 14.7 Å². The zero-order chi connectivity index (χ0) is 22.8. The van der Waals surface area contributed by atoms with Gasteiger partial charge in [-0.1, -0.05) is 41.9 Å². The zero-order valence-corrected chi connectivity index (χ0v) is 18.6. The van der Waals surface area contributed by atoms with Crippen LogP contribution in [0.15, 0.2) is 83.3 Å². The number of β-amino-alcohol motifs (C(OH)–C–C–N with tert-alkyl or cyclic N) is 1. The molecule has 1 saturated heterocycles. The molecule has 0 radical (unpaired) electrons. The summed E-state index contributed by atoms with van der Waals surface area (Å²) in [6, 6.07) is 14.6. The number of amides is 2. The first kappa shape index (κ1) is 21.8. The maximum Gasteiger partial charge on any atom is 0.257 e. The maximum absolute atomic E-state index is 13.1. The number of likely N-dealkylation sites (tertiary alicyclic amines) is 1. The van der Waals surface area contributed by atoms with Crippen molar-refractivity contribution in [1.82, 2.24) is 10.2 Å². The molecule has 0 unspecified atom stereocenters. The predicted octanol–water partition coefficient (Wildman–Crippen LogP) is 4.36. The highest BCUT2D eigenvalue weighted by molar-refractivity contribution is 6.34. The summed E-state index contributed by atoms with van der Waals surface area (Å²) < 4.78 is 0. The fourth-order valence-electron chi connectivity index (χ4n) is 3.71. The third-order valence-electron chi connectivity index (χ3n) is 5.54. The molecule has 1 heterocycles. The molecule has 1 aliphatic carbocycles. The molecule has 0 bridgehead atoms. The van der Waals surface area contributed by atoms with Gasteiger partial charge in [0.15, 0.2) is 0 Å². The van der Waals surface area contributed by atoms with Crippen LogP contribution < -0.4 is 5.32 Å². The van der Waals surface area contributed by atoms with Crippen molar-refractivity contribution >= 4 is 29.0 Å². The lowest BCUT2D eigenvalue weighted by atomic mass is 10.0. The van der Waals surface area contributed by atoms with Crippen LogP contribution in [0.3, 0.4) is 0 Å². The van der Waals surface area contributed by atoms with Crippen LogP contribution in [-0.4, -0.2) is 41.0 Å². The summed E-state index contributed by atoms with van der Waals surface area (Å²) in [6.07, 6.45) is 3.42. The van der Waals surface area contributed by atoms with Crippen molar-refractivity contribution in [3.8, 4) is 0 Å². The van der Waals surface area contributed by atoms with Crippen LogP contribution in [-0.2, 0) is 0 Å². The minimum atomic E-state index is -0.490. The smallest absolute Gasteiger partial charge is 0.257 e. The van der Waals surface area contributed by atoms with Crippen LogP contribution in [0, 0.1) is 0 Å². The third-order valence-corrected chi connectivity index (χ3v) is 5.87. The molecule has 32 heavy (non-hydrogen) atoms. The molecule has 2 aliphatic rings. The van der Waals surface area contributed by atoms with Gasteiger partial charge in [-0.3, -0.25) is 9.59 Å². The average molecular weight is 447 g/mol. The lowest BCUT2D eigenvalue weighted by Crippen LogP contribution is -2.53. The third kappa shape index (κ3) is 4.46.